The summed E-state index contributed by atoms with van der Waals surface area (Å²) in [6.07, 6.45) is 3.07. The Balaban J connectivity index is 1.82. The third kappa shape index (κ3) is 3.49. The fourth-order valence-electron chi connectivity index (χ4n) is 3.82. The Morgan fingerprint density at radius 2 is 1.59 bits per heavy atom. The zero-order valence-electron chi connectivity index (χ0n) is 17.0. The second-order valence-corrected chi connectivity index (χ2v) is 9.91. The highest BCUT2D eigenvalue weighted by atomic mass is 32.2. The van der Waals surface area contributed by atoms with E-state index in [1.54, 1.807) is 48.8 Å². The molecule has 2 atom stereocenters. The van der Waals surface area contributed by atoms with Crippen molar-refractivity contribution < 1.29 is 17.7 Å². The molecule has 0 bridgehead atoms. The number of fused-ring (bicyclic) bond motifs is 1. The maximum atomic E-state index is 13.3. The van der Waals surface area contributed by atoms with Crippen LogP contribution in [0.15, 0.2) is 59.8 Å². The van der Waals surface area contributed by atoms with E-state index in [0.717, 1.165) is 0 Å². The fraction of sp³-hybridized carbons (Fsp3) is 0.381. The van der Waals surface area contributed by atoms with Crippen LogP contribution in [0.1, 0.15) is 27.7 Å². The van der Waals surface area contributed by atoms with E-state index in [9.17, 15) is 8.42 Å². The standard InChI is InChI=1S/C21H25BN2O4S/c1-14(2)19-20(15(3)4)28-22(27-19)18-13-24(21-17(18)11-8-12-23-21)29(25,26)16-9-6-5-7-10-16/h5-15,19-20H,1-4H3. The maximum Gasteiger partial charge on any atom is 0.496 e. The van der Waals surface area contributed by atoms with Gasteiger partial charge in [-0.15, -0.1) is 0 Å². The van der Waals surface area contributed by atoms with Crippen LogP contribution in [0.5, 0.6) is 0 Å². The zero-order valence-corrected chi connectivity index (χ0v) is 17.8. The largest absolute Gasteiger partial charge is 0.496 e. The minimum absolute atomic E-state index is 0.0548. The van der Waals surface area contributed by atoms with Gasteiger partial charge in [-0.25, -0.2) is 17.4 Å². The van der Waals surface area contributed by atoms with E-state index in [0.29, 0.717) is 16.5 Å². The summed E-state index contributed by atoms with van der Waals surface area (Å²) in [4.78, 5) is 4.56. The average molecular weight is 412 g/mol. The highest BCUT2D eigenvalue weighted by molar-refractivity contribution is 7.90. The van der Waals surface area contributed by atoms with E-state index in [1.807, 2.05) is 6.07 Å². The summed E-state index contributed by atoms with van der Waals surface area (Å²) in [6.45, 7) is 8.43. The SMILES string of the molecule is CC(C)C1OB(c2cn(S(=O)(=O)c3ccccc3)c3ncccc23)OC1C(C)C. The summed E-state index contributed by atoms with van der Waals surface area (Å²) < 4.78 is 40.3. The van der Waals surface area contributed by atoms with Crippen molar-refractivity contribution in [1.29, 1.82) is 0 Å². The Labute approximate surface area is 172 Å². The molecule has 0 N–H and O–H groups in total. The Morgan fingerprint density at radius 3 is 2.17 bits per heavy atom. The zero-order chi connectivity index (χ0) is 20.8. The molecule has 3 heterocycles. The van der Waals surface area contributed by atoms with Gasteiger partial charge in [-0.2, -0.15) is 0 Å². The molecule has 2 unspecified atom stereocenters. The summed E-state index contributed by atoms with van der Waals surface area (Å²) in [5.41, 5.74) is 1.05. The van der Waals surface area contributed by atoms with Crippen molar-refractivity contribution in [3.8, 4) is 0 Å². The molecule has 29 heavy (non-hydrogen) atoms. The first-order valence-electron chi connectivity index (χ1n) is 9.88. The molecule has 1 aliphatic heterocycles. The van der Waals surface area contributed by atoms with Gasteiger partial charge in [-0.1, -0.05) is 45.9 Å². The lowest BCUT2D eigenvalue weighted by Gasteiger charge is -2.24. The van der Waals surface area contributed by atoms with Crippen molar-refractivity contribution >= 4 is 33.6 Å². The molecule has 4 rings (SSSR count). The van der Waals surface area contributed by atoms with Crippen LogP contribution in [-0.4, -0.2) is 36.7 Å². The first kappa shape index (κ1) is 20.1. The topological polar surface area (TPSA) is 70.4 Å². The molecule has 1 fully saturated rings. The molecule has 0 saturated carbocycles. The number of hydrogen-bond donors (Lipinski definition) is 0. The summed E-state index contributed by atoms with van der Waals surface area (Å²) in [5.74, 6) is 0.568. The summed E-state index contributed by atoms with van der Waals surface area (Å²) >= 11 is 0. The first-order chi connectivity index (χ1) is 13.8. The lowest BCUT2D eigenvalue weighted by molar-refractivity contribution is 0.0815. The van der Waals surface area contributed by atoms with Crippen molar-refractivity contribution in [3.63, 3.8) is 0 Å². The molecule has 2 aromatic heterocycles. The Morgan fingerprint density at radius 1 is 0.966 bits per heavy atom. The molecule has 0 amide bonds. The molecule has 0 aliphatic carbocycles. The monoisotopic (exact) mass is 412 g/mol. The molecule has 8 heteroatoms. The lowest BCUT2D eigenvalue weighted by Crippen LogP contribution is -2.33. The smallest absolute Gasteiger partial charge is 0.401 e. The van der Waals surface area contributed by atoms with Gasteiger partial charge < -0.3 is 9.31 Å². The third-order valence-corrected chi connectivity index (χ3v) is 6.98. The van der Waals surface area contributed by atoms with E-state index in [2.05, 4.69) is 32.7 Å². The van der Waals surface area contributed by atoms with Gasteiger partial charge in [0.25, 0.3) is 10.0 Å². The Hall–Kier alpha value is -2.16. The van der Waals surface area contributed by atoms with Gasteiger partial charge in [0.2, 0.25) is 0 Å². The van der Waals surface area contributed by atoms with Crippen LogP contribution in [-0.2, 0) is 19.3 Å². The van der Waals surface area contributed by atoms with Gasteiger partial charge >= 0.3 is 7.12 Å². The van der Waals surface area contributed by atoms with Crippen molar-refractivity contribution in [3.05, 3.63) is 54.9 Å². The van der Waals surface area contributed by atoms with Crippen LogP contribution in [0.4, 0.5) is 0 Å². The van der Waals surface area contributed by atoms with Crippen LogP contribution in [0.25, 0.3) is 11.0 Å². The van der Waals surface area contributed by atoms with Gasteiger partial charge in [0.15, 0.2) is 5.65 Å². The molecule has 6 nitrogen and oxygen atoms in total. The highest BCUT2D eigenvalue weighted by Gasteiger charge is 2.45. The van der Waals surface area contributed by atoms with Crippen LogP contribution >= 0.6 is 0 Å². The summed E-state index contributed by atoms with van der Waals surface area (Å²) in [7, 11) is -4.42. The number of benzene rings is 1. The normalized spacial score (nSPS) is 20.3. The molecule has 152 valence electrons. The highest BCUT2D eigenvalue weighted by Crippen LogP contribution is 2.29. The first-order valence-corrected chi connectivity index (χ1v) is 11.3. The fourth-order valence-corrected chi connectivity index (χ4v) is 5.18. The predicted molar refractivity (Wildman–Crippen MR) is 114 cm³/mol. The van der Waals surface area contributed by atoms with Crippen LogP contribution < -0.4 is 5.46 Å². The van der Waals surface area contributed by atoms with Gasteiger partial charge in [-0.3, -0.25) is 0 Å². The molecule has 1 aliphatic rings. The average Bonchev–Trinajstić information content (AvgIpc) is 3.31. The molecular formula is C21H25BN2O4S. The summed E-state index contributed by atoms with van der Waals surface area (Å²) in [6, 6.07) is 12.0. The lowest BCUT2D eigenvalue weighted by atomic mass is 9.79. The van der Waals surface area contributed by atoms with E-state index in [4.69, 9.17) is 9.31 Å². The van der Waals surface area contributed by atoms with Crippen LogP contribution in [0, 0.1) is 11.8 Å². The van der Waals surface area contributed by atoms with E-state index in [-0.39, 0.29) is 28.9 Å². The van der Waals surface area contributed by atoms with Gasteiger partial charge in [-0.05, 0) is 36.1 Å². The number of pyridine rings is 1. The van der Waals surface area contributed by atoms with Gasteiger partial charge in [0, 0.05) is 23.2 Å². The molecule has 1 saturated heterocycles. The summed E-state index contributed by atoms with van der Waals surface area (Å²) in [5, 5.41) is 0.712. The number of rotatable bonds is 5. The number of nitrogens with zero attached hydrogens (tertiary/aromatic N) is 2. The van der Waals surface area contributed by atoms with Crippen molar-refractivity contribution in [2.24, 2.45) is 11.8 Å². The van der Waals surface area contributed by atoms with Crippen molar-refractivity contribution in [2.75, 3.05) is 0 Å². The van der Waals surface area contributed by atoms with Crippen molar-refractivity contribution in [1.82, 2.24) is 8.96 Å². The van der Waals surface area contributed by atoms with E-state index in [1.165, 1.54) is 3.97 Å². The minimum atomic E-state index is -3.79. The molecule has 0 spiro atoms. The number of hydrogen-bond acceptors (Lipinski definition) is 5. The van der Waals surface area contributed by atoms with E-state index >= 15 is 0 Å². The third-order valence-electron chi connectivity index (χ3n) is 5.32. The predicted octanol–water partition coefficient (Wildman–Crippen LogP) is 3.06. The second-order valence-electron chi connectivity index (χ2n) is 8.09. The van der Waals surface area contributed by atoms with Crippen LogP contribution in [0.2, 0.25) is 0 Å². The molecule has 0 radical (unpaired) electrons. The van der Waals surface area contributed by atoms with Gasteiger partial charge in [0.1, 0.15) is 0 Å². The minimum Gasteiger partial charge on any atom is -0.401 e. The number of aromatic nitrogens is 2. The molecule has 3 aromatic rings. The van der Waals surface area contributed by atoms with Crippen LogP contribution in [0.3, 0.4) is 0 Å². The second kappa shape index (κ2) is 7.59. The quantitative estimate of drug-likeness (QED) is 0.603. The Kier molecular flexibility index (Phi) is 5.27. The Bertz CT molecular complexity index is 1100. The molecular weight excluding hydrogens is 387 g/mol. The van der Waals surface area contributed by atoms with Gasteiger partial charge in [0.05, 0.1) is 17.1 Å². The van der Waals surface area contributed by atoms with Crippen molar-refractivity contribution in [2.45, 2.75) is 44.8 Å². The van der Waals surface area contributed by atoms with E-state index < -0.39 is 17.1 Å². The maximum absolute atomic E-state index is 13.3. The molecule has 1 aromatic carbocycles.